The smallest absolute Gasteiger partial charge is 0.0548 e. The van der Waals surface area contributed by atoms with Gasteiger partial charge in [-0.05, 0) is 108 Å². The molecule has 0 aliphatic heterocycles. The molecule has 0 aliphatic rings. The van der Waals surface area contributed by atoms with E-state index in [9.17, 15) is 0 Å². The summed E-state index contributed by atoms with van der Waals surface area (Å²) in [7, 11) is 0. The summed E-state index contributed by atoms with van der Waals surface area (Å²) in [5.41, 5.74) is 9.27. The van der Waals surface area contributed by atoms with Crippen molar-refractivity contribution in [3.05, 3.63) is 193 Å². The Hall–Kier alpha value is -6.24. The van der Waals surface area contributed by atoms with Gasteiger partial charge in [-0.2, -0.15) is 0 Å². The first kappa shape index (κ1) is 33.0. The van der Waals surface area contributed by atoms with Crippen molar-refractivity contribution >= 4 is 129 Å². The highest BCUT2D eigenvalue weighted by Crippen LogP contribution is 2.47. The molecule has 0 saturated heterocycles. The van der Waals surface area contributed by atoms with Gasteiger partial charge in [0.05, 0.1) is 16.7 Å². The molecule has 0 bridgehead atoms. The monoisotopic (exact) mass is 826 g/mol. The second-order valence-electron chi connectivity index (χ2n) is 14.6. The molecule has 0 atom stereocenters. The van der Waals surface area contributed by atoms with Crippen LogP contribution in [0.2, 0.25) is 0 Å². The van der Waals surface area contributed by atoms with E-state index in [0.717, 1.165) is 21.5 Å². The van der Waals surface area contributed by atoms with E-state index in [1.54, 1.807) is 0 Å². The van der Waals surface area contributed by atoms with Crippen molar-refractivity contribution in [2.24, 2.45) is 0 Å². The maximum absolute atomic E-state index is 3.71. The molecule has 0 spiro atoms. The minimum absolute atomic E-state index is 1.07. The third kappa shape index (κ3) is 5.20. The average Bonchev–Trinajstić information content (AvgIpc) is 3.93. The minimum atomic E-state index is 1.07. The Labute approximate surface area is 345 Å². The summed E-state index contributed by atoms with van der Waals surface area (Å²) in [5.74, 6) is 0. The van der Waals surface area contributed by atoms with Crippen LogP contribution < -0.4 is 4.90 Å². The van der Waals surface area contributed by atoms with Gasteiger partial charge in [0.1, 0.15) is 0 Å². The van der Waals surface area contributed by atoms with Gasteiger partial charge in [0, 0.05) is 78.0 Å². The van der Waals surface area contributed by atoms with Crippen LogP contribution in [0, 0.1) is 0 Å². The largest absolute Gasteiger partial charge is 0.310 e. The molecule has 0 saturated carbocycles. The Balaban J connectivity index is 1.17. The van der Waals surface area contributed by atoms with Crippen molar-refractivity contribution in [1.29, 1.82) is 0 Å². The standard InChI is InChI=1S/C52H31BrN2S2/c53-35-14-7-12-33(28-35)34-13-8-15-36(29-34)54(38-23-26-49-42(30-38)40-17-3-5-20-47(40)56-49)37-22-24-45-43(31-37)51-46(25-27-50-52(51)41-18-4-6-21-48(41)57-50)55(45)44-19-9-11-32-10-1-2-16-39(32)44/h1-31H. The van der Waals surface area contributed by atoms with E-state index in [2.05, 4.69) is 213 Å². The number of hydrogen-bond donors (Lipinski definition) is 0. The highest BCUT2D eigenvalue weighted by molar-refractivity contribution is 9.10. The van der Waals surface area contributed by atoms with Crippen LogP contribution in [-0.4, -0.2) is 4.57 Å². The fourth-order valence-electron chi connectivity index (χ4n) is 8.91. The molecule has 12 rings (SSSR count). The third-order valence-electron chi connectivity index (χ3n) is 11.4. The lowest BCUT2D eigenvalue weighted by molar-refractivity contribution is 1.20. The topological polar surface area (TPSA) is 8.17 Å². The molecule has 0 amide bonds. The summed E-state index contributed by atoms with van der Waals surface area (Å²) >= 11 is 7.45. The molecule has 9 aromatic carbocycles. The van der Waals surface area contributed by atoms with Crippen LogP contribution in [0.3, 0.4) is 0 Å². The number of nitrogens with zero attached hydrogens (tertiary/aromatic N) is 2. The number of fused-ring (bicyclic) bond motifs is 11. The van der Waals surface area contributed by atoms with E-state index in [4.69, 9.17) is 0 Å². The van der Waals surface area contributed by atoms with Gasteiger partial charge in [-0.25, -0.2) is 0 Å². The first-order valence-electron chi connectivity index (χ1n) is 19.1. The quantitative estimate of drug-likeness (QED) is 0.168. The van der Waals surface area contributed by atoms with Gasteiger partial charge in [0.2, 0.25) is 0 Å². The van der Waals surface area contributed by atoms with Crippen LogP contribution in [0.4, 0.5) is 17.1 Å². The molecule has 0 aliphatic carbocycles. The van der Waals surface area contributed by atoms with E-state index in [0.29, 0.717) is 0 Å². The van der Waals surface area contributed by atoms with Gasteiger partial charge in [-0.3, -0.25) is 0 Å². The van der Waals surface area contributed by atoms with Gasteiger partial charge < -0.3 is 9.47 Å². The third-order valence-corrected chi connectivity index (χ3v) is 14.2. The summed E-state index contributed by atoms with van der Waals surface area (Å²) in [4.78, 5) is 2.44. The molecule has 57 heavy (non-hydrogen) atoms. The van der Waals surface area contributed by atoms with E-state index in [1.165, 1.54) is 89.7 Å². The molecule has 0 N–H and O–H groups in total. The normalized spacial score (nSPS) is 11.9. The van der Waals surface area contributed by atoms with Crippen LogP contribution in [0.15, 0.2) is 193 Å². The Kier molecular flexibility index (Phi) is 7.46. The molecule has 12 aromatic rings. The lowest BCUT2D eigenvalue weighted by Crippen LogP contribution is -2.10. The van der Waals surface area contributed by atoms with Crippen molar-refractivity contribution in [3.8, 4) is 16.8 Å². The first-order chi connectivity index (χ1) is 28.2. The predicted octanol–water partition coefficient (Wildman–Crippen LogP) is 16.6. The van der Waals surface area contributed by atoms with E-state index in [1.807, 2.05) is 22.7 Å². The van der Waals surface area contributed by atoms with Crippen LogP contribution in [0.25, 0.3) is 89.7 Å². The highest BCUT2D eigenvalue weighted by atomic mass is 79.9. The number of rotatable bonds is 5. The summed E-state index contributed by atoms with van der Waals surface area (Å²) < 4.78 is 8.77. The summed E-state index contributed by atoms with van der Waals surface area (Å²) in [6.45, 7) is 0. The van der Waals surface area contributed by atoms with Gasteiger partial charge in [0.25, 0.3) is 0 Å². The number of aromatic nitrogens is 1. The molecular formula is C52H31BrN2S2. The van der Waals surface area contributed by atoms with Gasteiger partial charge in [-0.15, -0.1) is 22.7 Å². The van der Waals surface area contributed by atoms with E-state index < -0.39 is 0 Å². The summed E-state index contributed by atoms with van der Waals surface area (Å²) in [5, 5.41) is 10.2. The fourth-order valence-corrected chi connectivity index (χ4v) is 11.5. The fraction of sp³-hybridized carbons (Fsp3) is 0. The zero-order chi connectivity index (χ0) is 37.6. The SMILES string of the molecule is Brc1cccc(-c2cccc(N(c3ccc4sc5ccccc5c4c3)c3ccc4c(c3)c3c5c(ccc3n4-c3cccc4ccccc34)sc3ccccc35)c2)c1. The zero-order valence-electron chi connectivity index (χ0n) is 30.5. The Morgan fingerprint density at radius 3 is 1.84 bits per heavy atom. The second-order valence-corrected chi connectivity index (χ2v) is 17.7. The maximum Gasteiger partial charge on any atom is 0.0548 e. The molecule has 5 heteroatoms. The van der Waals surface area contributed by atoms with Gasteiger partial charge >= 0.3 is 0 Å². The minimum Gasteiger partial charge on any atom is -0.310 e. The Morgan fingerprint density at radius 2 is 0.982 bits per heavy atom. The Bertz CT molecular complexity index is 3570. The number of hydrogen-bond acceptors (Lipinski definition) is 3. The number of benzene rings is 9. The van der Waals surface area contributed by atoms with Crippen LogP contribution in [0.1, 0.15) is 0 Å². The van der Waals surface area contributed by atoms with Gasteiger partial charge in [0.15, 0.2) is 0 Å². The lowest BCUT2D eigenvalue weighted by Gasteiger charge is -2.26. The van der Waals surface area contributed by atoms with E-state index >= 15 is 0 Å². The molecule has 3 heterocycles. The molecule has 2 nitrogen and oxygen atoms in total. The van der Waals surface area contributed by atoms with Crippen LogP contribution in [0.5, 0.6) is 0 Å². The summed E-state index contributed by atoms with van der Waals surface area (Å²) in [6.07, 6.45) is 0. The van der Waals surface area contributed by atoms with E-state index in [-0.39, 0.29) is 0 Å². The molecule has 0 radical (unpaired) electrons. The second kappa shape index (κ2) is 12.9. The first-order valence-corrected chi connectivity index (χ1v) is 21.5. The molecule has 0 unspecified atom stereocenters. The van der Waals surface area contributed by atoms with Crippen molar-refractivity contribution in [1.82, 2.24) is 4.57 Å². The molecule has 0 fully saturated rings. The van der Waals surface area contributed by atoms with Crippen molar-refractivity contribution in [2.75, 3.05) is 4.90 Å². The zero-order valence-corrected chi connectivity index (χ0v) is 33.7. The van der Waals surface area contributed by atoms with Crippen molar-refractivity contribution < 1.29 is 0 Å². The Morgan fingerprint density at radius 1 is 0.386 bits per heavy atom. The number of halogens is 1. The molecular weight excluding hydrogens is 797 g/mol. The number of anilines is 3. The predicted molar refractivity (Wildman–Crippen MR) is 252 cm³/mol. The van der Waals surface area contributed by atoms with Crippen molar-refractivity contribution in [3.63, 3.8) is 0 Å². The van der Waals surface area contributed by atoms with Crippen LogP contribution in [-0.2, 0) is 0 Å². The molecule has 3 aromatic heterocycles. The van der Waals surface area contributed by atoms with Gasteiger partial charge in [-0.1, -0.05) is 113 Å². The average molecular weight is 828 g/mol. The van der Waals surface area contributed by atoms with Crippen LogP contribution >= 0.6 is 38.6 Å². The maximum atomic E-state index is 3.71. The lowest BCUT2D eigenvalue weighted by atomic mass is 10.0. The molecule has 268 valence electrons. The highest BCUT2D eigenvalue weighted by Gasteiger charge is 2.22. The van der Waals surface area contributed by atoms with Crippen molar-refractivity contribution in [2.45, 2.75) is 0 Å². The summed E-state index contributed by atoms with van der Waals surface area (Å²) in [6, 6.07) is 69.3. The number of thiophene rings is 2.